The fraction of sp³-hybridized carbons (Fsp3) is 0.133. The summed E-state index contributed by atoms with van der Waals surface area (Å²) in [7, 11) is 0. The van der Waals surface area contributed by atoms with Gasteiger partial charge < -0.3 is 16.4 Å². The molecule has 0 spiro atoms. The SMILES string of the molecule is Cc1cc(NC(=O)Nc2ccccc2F)c(C)cc1N. The number of halogens is 1. The summed E-state index contributed by atoms with van der Waals surface area (Å²) in [6.07, 6.45) is 0. The average Bonchev–Trinajstić information content (AvgIpc) is 2.39. The van der Waals surface area contributed by atoms with E-state index in [1.165, 1.54) is 12.1 Å². The number of benzene rings is 2. The van der Waals surface area contributed by atoms with Gasteiger partial charge in [0.05, 0.1) is 5.69 Å². The van der Waals surface area contributed by atoms with Crippen LogP contribution in [0.3, 0.4) is 0 Å². The molecule has 0 bridgehead atoms. The molecule has 20 heavy (non-hydrogen) atoms. The molecule has 5 heteroatoms. The van der Waals surface area contributed by atoms with Gasteiger partial charge in [0.2, 0.25) is 0 Å². The molecule has 0 aliphatic rings. The molecular formula is C15H16FN3O. The van der Waals surface area contributed by atoms with Crippen LogP contribution in [0, 0.1) is 19.7 Å². The number of hydrogen-bond donors (Lipinski definition) is 3. The summed E-state index contributed by atoms with van der Waals surface area (Å²) < 4.78 is 13.4. The van der Waals surface area contributed by atoms with E-state index in [9.17, 15) is 9.18 Å². The van der Waals surface area contributed by atoms with Gasteiger partial charge >= 0.3 is 6.03 Å². The van der Waals surface area contributed by atoms with Gasteiger partial charge in [0.1, 0.15) is 5.82 Å². The Kier molecular flexibility index (Phi) is 3.89. The third kappa shape index (κ3) is 3.06. The van der Waals surface area contributed by atoms with Crippen LogP contribution < -0.4 is 16.4 Å². The Balaban J connectivity index is 2.13. The quantitative estimate of drug-likeness (QED) is 0.731. The third-order valence-electron chi connectivity index (χ3n) is 2.98. The van der Waals surface area contributed by atoms with Gasteiger partial charge in [-0.05, 0) is 49.2 Å². The first-order valence-corrected chi connectivity index (χ1v) is 6.16. The summed E-state index contributed by atoms with van der Waals surface area (Å²) in [5.41, 5.74) is 8.95. The molecule has 4 N–H and O–H groups in total. The number of carbonyl (C=O) groups excluding carboxylic acids is 1. The van der Waals surface area contributed by atoms with E-state index < -0.39 is 11.8 Å². The average molecular weight is 273 g/mol. The lowest BCUT2D eigenvalue weighted by atomic mass is 10.1. The first kappa shape index (κ1) is 13.9. The lowest BCUT2D eigenvalue weighted by molar-refractivity contribution is 0.262. The van der Waals surface area contributed by atoms with Crippen molar-refractivity contribution in [3.05, 3.63) is 53.3 Å². The van der Waals surface area contributed by atoms with Crippen molar-refractivity contribution in [2.75, 3.05) is 16.4 Å². The fourth-order valence-corrected chi connectivity index (χ4v) is 1.81. The zero-order valence-corrected chi connectivity index (χ0v) is 11.3. The zero-order chi connectivity index (χ0) is 14.7. The second kappa shape index (κ2) is 5.61. The second-order valence-corrected chi connectivity index (χ2v) is 4.58. The lowest BCUT2D eigenvalue weighted by Gasteiger charge is -2.12. The van der Waals surface area contributed by atoms with E-state index in [0.717, 1.165) is 11.1 Å². The Labute approximate surface area is 116 Å². The van der Waals surface area contributed by atoms with Gasteiger partial charge in [0.15, 0.2) is 0 Å². The smallest absolute Gasteiger partial charge is 0.323 e. The van der Waals surface area contributed by atoms with Crippen molar-refractivity contribution in [2.24, 2.45) is 0 Å². The Bertz CT molecular complexity index is 656. The predicted molar refractivity (Wildman–Crippen MR) is 79.4 cm³/mol. The normalized spacial score (nSPS) is 10.2. The number of carbonyl (C=O) groups is 1. The van der Waals surface area contributed by atoms with Crippen LogP contribution in [0.15, 0.2) is 36.4 Å². The van der Waals surface area contributed by atoms with Crippen LogP contribution in [0.1, 0.15) is 11.1 Å². The summed E-state index contributed by atoms with van der Waals surface area (Å²) in [4.78, 5) is 11.9. The van der Waals surface area contributed by atoms with Crippen molar-refractivity contribution in [3.63, 3.8) is 0 Å². The zero-order valence-electron chi connectivity index (χ0n) is 11.3. The van der Waals surface area contributed by atoms with Crippen molar-refractivity contribution in [2.45, 2.75) is 13.8 Å². The summed E-state index contributed by atoms with van der Waals surface area (Å²) in [5.74, 6) is -0.479. The molecule has 0 saturated heterocycles. The maximum atomic E-state index is 13.4. The Morgan fingerprint density at radius 3 is 2.40 bits per heavy atom. The fourth-order valence-electron chi connectivity index (χ4n) is 1.81. The molecular weight excluding hydrogens is 257 g/mol. The van der Waals surface area contributed by atoms with Gasteiger partial charge in [-0.1, -0.05) is 12.1 Å². The summed E-state index contributed by atoms with van der Waals surface area (Å²) in [6, 6.07) is 9.06. The summed E-state index contributed by atoms with van der Waals surface area (Å²) >= 11 is 0. The number of nitrogens with two attached hydrogens (primary N) is 1. The molecule has 2 rings (SSSR count). The molecule has 0 aromatic heterocycles. The minimum atomic E-state index is -0.498. The highest BCUT2D eigenvalue weighted by atomic mass is 19.1. The lowest BCUT2D eigenvalue weighted by Crippen LogP contribution is -2.20. The number of nitrogens with one attached hydrogen (secondary N) is 2. The minimum Gasteiger partial charge on any atom is -0.399 e. The largest absolute Gasteiger partial charge is 0.399 e. The van der Waals surface area contributed by atoms with Crippen molar-refractivity contribution in [1.29, 1.82) is 0 Å². The van der Waals surface area contributed by atoms with E-state index in [1.807, 2.05) is 13.8 Å². The number of anilines is 3. The van der Waals surface area contributed by atoms with Crippen LogP contribution in [0.2, 0.25) is 0 Å². The third-order valence-corrected chi connectivity index (χ3v) is 2.98. The van der Waals surface area contributed by atoms with Crippen molar-refractivity contribution in [3.8, 4) is 0 Å². The van der Waals surface area contributed by atoms with E-state index in [1.54, 1.807) is 24.3 Å². The molecule has 4 nitrogen and oxygen atoms in total. The number of nitrogen functional groups attached to an aromatic ring is 1. The van der Waals surface area contributed by atoms with E-state index in [0.29, 0.717) is 11.4 Å². The van der Waals surface area contributed by atoms with Crippen LogP contribution in [0.5, 0.6) is 0 Å². The minimum absolute atomic E-state index is 0.134. The van der Waals surface area contributed by atoms with Crippen molar-refractivity contribution < 1.29 is 9.18 Å². The molecule has 104 valence electrons. The summed E-state index contributed by atoms with van der Waals surface area (Å²) in [6.45, 7) is 3.70. The molecule has 0 saturated carbocycles. The molecule has 2 amide bonds. The molecule has 0 aliphatic carbocycles. The van der Waals surface area contributed by atoms with E-state index >= 15 is 0 Å². The maximum absolute atomic E-state index is 13.4. The molecule has 0 fully saturated rings. The Morgan fingerprint density at radius 1 is 1.05 bits per heavy atom. The number of para-hydroxylation sites is 1. The van der Waals surface area contributed by atoms with Crippen LogP contribution in [0.4, 0.5) is 26.2 Å². The molecule has 2 aromatic rings. The molecule has 2 aromatic carbocycles. The summed E-state index contributed by atoms with van der Waals surface area (Å²) in [5, 5.41) is 5.15. The van der Waals surface area contributed by atoms with Gasteiger partial charge in [-0.2, -0.15) is 0 Å². The number of rotatable bonds is 2. The number of urea groups is 1. The molecule has 0 atom stereocenters. The van der Waals surface area contributed by atoms with Gasteiger partial charge in [0, 0.05) is 11.4 Å². The topological polar surface area (TPSA) is 67.2 Å². The van der Waals surface area contributed by atoms with Gasteiger partial charge in [-0.15, -0.1) is 0 Å². The molecule has 0 radical (unpaired) electrons. The van der Waals surface area contributed by atoms with Gasteiger partial charge in [0.25, 0.3) is 0 Å². The van der Waals surface area contributed by atoms with Gasteiger partial charge in [-0.3, -0.25) is 0 Å². The molecule has 0 unspecified atom stereocenters. The van der Waals surface area contributed by atoms with Crippen LogP contribution in [-0.2, 0) is 0 Å². The van der Waals surface area contributed by atoms with Crippen LogP contribution in [-0.4, -0.2) is 6.03 Å². The highest BCUT2D eigenvalue weighted by molar-refractivity contribution is 6.00. The number of amides is 2. The van der Waals surface area contributed by atoms with Gasteiger partial charge in [-0.25, -0.2) is 9.18 Å². The predicted octanol–water partition coefficient (Wildman–Crippen LogP) is 3.67. The van der Waals surface area contributed by atoms with E-state index in [4.69, 9.17) is 5.73 Å². The van der Waals surface area contributed by atoms with E-state index in [-0.39, 0.29) is 5.69 Å². The maximum Gasteiger partial charge on any atom is 0.323 e. The monoisotopic (exact) mass is 273 g/mol. The first-order valence-electron chi connectivity index (χ1n) is 6.16. The van der Waals surface area contributed by atoms with Crippen LogP contribution in [0.25, 0.3) is 0 Å². The molecule has 0 aliphatic heterocycles. The number of hydrogen-bond acceptors (Lipinski definition) is 2. The first-order chi connectivity index (χ1) is 9.47. The Hall–Kier alpha value is -2.56. The molecule has 0 heterocycles. The van der Waals surface area contributed by atoms with Crippen LogP contribution >= 0.6 is 0 Å². The highest BCUT2D eigenvalue weighted by Crippen LogP contribution is 2.22. The van der Waals surface area contributed by atoms with Crippen molar-refractivity contribution >= 4 is 23.1 Å². The standard InChI is InChI=1S/C15H16FN3O/c1-9-8-14(10(2)7-12(9)17)19-15(20)18-13-6-4-3-5-11(13)16/h3-8H,17H2,1-2H3,(H2,18,19,20). The number of aryl methyl sites for hydroxylation is 2. The Morgan fingerprint density at radius 2 is 1.70 bits per heavy atom. The second-order valence-electron chi connectivity index (χ2n) is 4.58. The van der Waals surface area contributed by atoms with Crippen molar-refractivity contribution in [1.82, 2.24) is 0 Å². The highest BCUT2D eigenvalue weighted by Gasteiger charge is 2.09. The van der Waals surface area contributed by atoms with E-state index in [2.05, 4.69) is 10.6 Å².